The van der Waals surface area contributed by atoms with Crippen molar-refractivity contribution < 1.29 is 13.2 Å². The van der Waals surface area contributed by atoms with E-state index in [9.17, 15) is 13.2 Å². The molecular formula is C22H28ClN3O3S. The number of carbonyl (C=O) groups is 1. The minimum atomic E-state index is -3.58. The van der Waals surface area contributed by atoms with E-state index in [1.807, 2.05) is 30.3 Å². The number of nitrogens with one attached hydrogen (secondary N) is 2. The van der Waals surface area contributed by atoms with Crippen LogP contribution in [0.1, 0.15) is 59.6 Å². The molecule has 0 aliphatic heterocycles. The van der Waals surface area contributed by atoms with E-state index in [0.717, 1.165) is 24.3 Å². The molecule has 1 amide bonds. The lowest BCUT2D eigenvalue weighted by Crippen LogP contribution is -2.31. The van der Waals surface area contributed by atoms with E-state index in [0.29, 0.717) is 17.5 Å². The van der Waals surface area contributed by atoms with Gasteiger partial charge in [-0.05, 0) is 67.5 Å². The predicted molar refractivity (Wildman–Crippen MR) is 120 cm³/mol. The Bertz CT molecular complexity index is 979. The fraction of sp³-hybridized carbons (Fsp3) is 0.409. The summed E-state index contributed by atoms with van der Waals surface area (Å²) in [6.45, 7) is 2.16. The average molecular weight is 450 g/mol. The maximum absolute atomic E-state index is 12.1. The number of nitrogens with two attached hydrogens (primary N) is 1. The third-order valence-corrected chi connectivity index (χ3v) is 6.59. The monoisotopic (exact) mass is 449 g/mol. The SMILES string of the molecule is C[C@@H](N[C@H]1CCC(c2ccc(C(=O)NCCS(N)(=O)=O)cc2)C1)c1cccc(Cl)c1. The van der Waals surface area contributed by atoms with Crippen LogP contribution < -0.4 is 15.8 Å². The Morgan fingerprint density at radius 3 is 2.60 bits per heavy atom. The van der Waals surface area contributed by atoms with E-state index < -0.39 is 10.0 Å². The van der Waals surface area contributed by atoms with Crippen LogP contribution in [0, 0.1) is 0 Å². The number of sulfonamides is 1. The molecule has 6 nitrogen and oxygen atoms in total. The van der Waals surface area contributed by atoms with Gasteiger partial charge in [-0.2, -0.15) is 0 Å². The molecule has 0 bridgehead atoms. The lowest BCUT2D eigenvalue weighted by atomic mass is 9.96. The Kier molecular flexibility index (Phi) is 7.52. The fourth-order valence-corrected chi connectivity index (χ4v) is 4.56. The number of halogens is 1. The Labute approximate surface area is 183 Å². The van der Waals surface area contributed by atoms with Gasteiger partial charge in [0.05, 0.1) is 5.75 Å². The summed E-state index contributed by atoms with van der Waals surface area (Å²) in [7, 11) is -3.58. The van der Waals surface area contributed by atoms with Gasteiger partial charge in [-0.25, -0.2) is 13.6 Å². The van der Waals surface area contributed by atoms with Gasteiger partial charge in [0.1, 0.15) is 0 Å². The smallest absolute Gasteiger partial charge is 0.251 e. The first-order chi connectivity index (χ1) is 14.2. The summed E-state index contributed by atoms with van der Waals surface area (Å²) in [5.74, 6) is -0.124. The molecule has 1 aliphatic rings. The fourth-order valence-electron chi connectivity index (χ4n) is 3.98. The molecule has 1 fully saturated rings. The molecule has 1 aliphatic carbocycles. The summed E-state index contributed by atoms with van der Waals surface area (Å²) < 4.78 is 21.9. The maximum atomic E-state index is 12.1. The zero-order chi connectivity index (χ0) is 21.7. The summed E-state index contributed by atoms with van der Waals surface area (Å²) in [6, 6.07) is 16.2. The lowest BCUT2D eigenvalue weighted by Gasteiger charge is -2.20. The molecule has 3 rings (SSSR count). The molecule has 30 heavy (non-hydrogen) atoms. The van der Waals surface area contributed by atoms with Crippen LogP contribution in [0.2, 0.25) is 5.02 Å². The summed E-state index contributed by atoms with van der Waals surface area (Å²) in [5, 5.41) is 12.0. The number of hydrogen-bond donors (Lipinski definition) is 3. The second-order valence-electron chi connectivity index (χ2n) is 7.90. The first-order valence-corrected chi connectivity index (χ1v) is 12.2. The van der Waals surface area contributed by atoms with E-state index in [1.54, 1.807) is 12.1 Å². The summed E-state index contributed by atoms with van der Waals surface area (Å²) in [4.78, 5) is 12.1. The largest absolute Gasteiger partial charge is 0.351 e. The molecule has 0 saturated heterocycles. The van der Waals surface area contributed by atoms with Crippen molar-refractivity contribution in [3.05, 3.63) is 70.2 Å². The zero-order valence-corrected chi connectivity index (χ0v) is 18.5. The van der Waals surface area contributed by atoms with Gasteiger partial charge in [0.25, 0.3) is 5.91 Å². The Balaban J connectivity index is 1.52. The predicted octanol–water partition coefficient (Wildman–Crippen LogP) is 3.35. The van der Waals surface area contributed by atoms with Crippen molar-refractivity contribution in [3.63, 3.8) is 0 Å². The molecule has 1 unspecified atom stereocenters. The van der Waals surface area contributed by atoms with Crippen molar-refractivity contribution >= 4 is 27.5 Å². The maximum Gasteiger partial charge on any atom is 0.251 e. The molecule has 0 heterocycles. The molecular weight excluding hydrogens is 422 g/mol. The van der Waals surface area contributed by atoms with Gasteiger partial charge in [-0.3, -0.25) is 4.79 Å². The average Bonchev–Trinajstić information content (AvgIpc) is 3.15. The second-order valence-corrected chi connectivity index (χ2v) is 10.1. The minimum absolute atomic E-state index is 0.000202. The molecule has 2 aromatic rings. The van der Waals surface area contributed by atoms with E-state index >= 15 is 0 Å². The molecule has 8 heteroatoms. The Morgan fingerprint density at radius 2 is 1.93 bits per heavy atom. The van der Waals surface area contributed by atoms with E-state index in [2.05, 4.69) is 23.6 Å². The van der Waals surface area contributed by atoms with Crippen LogP contribution in [0.4, 0.5) is 0 Å². The molecule has 0 aromatic heterocycles. The van der Waals surface area contributed by atoms with Crippen molar-refractivity contribution in [2.75, 3.05) is 12.3 Å². The van der Waals surface area contributed by atoms with Crippen LogP contribution in [0.15, 0.2) is 48.5 Å². The van der Waals surface area contributed by atoms with Gasteiger partial charge in [0.2, 0.25) is 10.0 Å². The van der Waals surface area contributed by atoms with Crippen molar-refractivity contribution in [3.8, 4) is 0 Å². The van der Waals surface area contributed by atoms with Crippen molar-refractivity contribution in [2.45, 2.75) is 44.2 Å². The lowest BCUT2D eigenvalue weighted by molar-refractivity contribution is 0.0956. The molecule has 4 N–H and O–H groups in total. The number of carbonyl (C=O) groups excluding carboxylic acids is 1. The van der Waals surface area contributed by atoms with E-state index in [1.165, 1.54) is 11.1 Å². The van der Waals surface area contributed by atoms with Crippen LogP contribution in [-0.4, -0.2) is 32.7 Å². The minimum Gasteiger partial charge on any atom is -0.351 e. The molecule has 0 spiro atoms. The standard InChI is InChI=1S/C22H28ClN3O3S/c1-15(18-3-2-4-20(23)13-18)26-21-10-9-19(14-21)16-5-7-17(8-6-16)22(27)25-11-12-30(24,28)29/h2-8,13,15,19,21,26H,9-12,14H2,1H3,(H,25,27)(H2,24,28,29)/t15-,19?,21+/m1/s1. The highest BCUT2D eigenvalue weighted by Crippen LogP contribution is 2.35. The van der Waals surface area contributed by atoms with E-state index in [-0.39, 0.29) is 24.2 Å². The Hall–Kier alpha value is -1.93. The van der Waals surface area contributed by atoms with Crippen LogP contribution in [-0.2, 0) is 10.0 Å². The number of rotatable bonds is 8. The molecule has 1 saturated carbocycles. The number of hydrogen-bond acceptors (Lipinski definition) is 4. The molecule has 162 valence electrons. The number of amides is 1. The summed E-state index contributed by atoms with van der Waals surface area (Å²) in [6.07, 6.45) is 3.25. The molecule has 0 radical (unpaired) electrons. The van der Waals surface area contributed by atoms with Gasteiger partial charge in [0.15, 0.2) is 0 Å². The van der Waals surface area contributed by atoms with Gasteiger partial charge < -0.3 is 10.6 Å². The third-order valence-electron chi connectivity index (χ3n) is 5.58. The van der Waals surface area contributed by atoms with Crippen molar-refractivity contribution in [1.82, 2.24) is 10.6 Å². The van der Waals surface area contributed by atoms with E-state index in [4.69, 9.17) is 16.7 Å². The first kappa shape index (κ1) is 22.7. The van der Waals surface area contributed by atoms with Crippen LogP contribution >= 0.6 is 11.6 Å². The van der Waals surface area contributed by atoms with Gasteiger partial charge in [-0.1, -0.05) is 35.9 Å². The van der Waals surface area contributed by atoms with Crippen LogP contribution in [0.3, 0.4) is 0 Å². The van der Waals surface area contributed by atoms with Crippen molar-refractivity contribution in [2.24, 2.45) is 5.14 Å². The zero-order valence-electron chi connectivity index (χ0n) is 17.0. The topological polar surface area (TPSA) is 101 Å². The molecule has 3 atom stereocenters. The number of primary sulfonamides is 1. The third kappa shape index (κ3) is 6.54. The van der Waals surface area contributed by atoms with Crippen LogP contribution in [0.5, 0.6) is 0 Å². The Morgan fingerprint density at radius 1 is 1.20 bits per heavy atom. The highest BCUT2D eigenvalue weighted by Gasteiger charge is 2.27. The highest BCUT2D eigenvalue weighted by atomic mass is 35.5. The highest BCUT2D eigenvalue weighted by molar-refractivity contribution is 7.89. The summed E-state index contributed by atoms with van der Waals surface area (Å²) in [5.41, 5.74) is 2.91. The quantitative estimate of drug-likeness (QED) is 0.575. The van der Waals surface area contributed by atoms with Gasteiger partial charge in [-0.15, -0.1) is 0 Å². The van der Waals surface area contributed by atoms with Gasteiger partial charge >= 0.3 is 0 Å². The summed E-state index contributed by atoms with van der Waals surface area (Å²) >= 11 is 6.10. The molecule has 2 aromatic carbocycles. The van der Waals surface area contributed by atoms with Crippen molar-refractivity contribution in [1.29, 1.82) is 0 Å². The first-order valence-electron chi connectivity index (χ1n) is 10.1. The normalized spacial score (nSPS) is 20.1. The van der Waals surface area contributed by atoms with Gasteiger partial charge in [0, 0.05) is 29.2 Å². The second kappa shape index (κ2) is 9.92. The van der Waals surface area contributed by atoms with Crippen LogP contribution in [0.25, 0.3) is 0 Å². The number of benzene rings is 2.